The molecule has 0 saturated carbocycles. The van der Waals surface area contributed by atoms with Crippen LogP contribution in [0.5, 0.6) is 0 Å². The summed E-state index contributed by atoms with van der Waals surface area (Å²) in [4.78, 5) is 20.7. The van der Waals surface area contributed by atoms with Crippen LogP contribution < -0.4 is 5.32 Å². The highest BCUT2D eigenvalue weighted by Gasteiger charge is 2.32. The second kappa shape index (κ2) is 13.3. The summed E-state index contributed by atoms with van der Waals surface area (Å²) < 4.78 is 13.3. The predicted molar refractivity (Wildman–Crippen MR) is 135 cm³/mol. The number of thiazole rings is 1. The number of benzene rings is 1. The van der Waals surface area contributed by atoms with Crippen molar-refractivity contribution in [2.75, 3.05) is 24.7 Å². The van der Waals surface area contributed by atoms with Crippen molar-refractivity contribution in [1.29, 1.82) is 0 Å². The van der Waals surface area contributed by atoms with E-state index in [0.717, 1.165) is 34.3 Å². The van der Waals surface area contributed by atoms with E-state index in [0.29, 0.717) is 11.6 Å². The first-order chi connectivity index (χ1) is 15.6. The molecule has 0 unspecified atom stereocenters. The van der Waals surface area contributed by atoms with Crippen molar-refractivity contribution in [3.63, 3.8) is 0 Å². The maximum absolute atomic E-state index is 13.4. The van der Waals surface area contributed by atoms with Gasteiger partial charge in [-0.05, 0) is 37.6 Å². The molecule has 4 nitrogen and oxygen atoms in total. The molecule has 1 aromatic carbocycles. The zero-order valence-corrected chi connectivity index (χ0v) is 21.0. The maximum atomic E-state index is 13.4. The maximum Gasteiger partial charge on any atom is 0.274 e. The minimum atomic E-state index is -0.276. The lowest BCUT2D eigenvalue weighted by atomic mass is 10.1. The number of halogens is 1. The summed E-state index contributed by atoms with van der Waals surface area (Å²) in [5, 5.41) is 4.42. The quantitative estimate of drug-likeness (QED) is 0.334. The fourth-order valence-electron chi connectivity index (χ4n) is 4.03. The Morgan fingerprint density at radius 3 is 2.53 bits per heavy atom. The number of thioether (sulfide) groups is 1. The number of carbonyl (C=O) groups excluding carboxylic acids is 1. The Hall–Kier alpha value is -1.44. The molecule has 0 spiro atoms. The number of carbonyl (C=O) groups is 1. The third-order valence-corrected chi connectivity index (χ3v) is 7.97. The highest BCUT2D eigenvalue weighted by molar-refractivity contribution is 7.99. The van der Waals surface area contributed by atoms with Crippen LogP contribution in [0.3, 0.4) is 0 Å². The van der Waals surface area contributed by atoms with Crippen LogP contribution in [0.15, 0.2) is 24.3 Å². The molecule has 7 heteroatoms. The number of nitrogens with zero attached hydrogens (tertiary/aromatic N) is 2. The van der Waals surface area contributed by atoms with Crippen molar-refractivity contribution in [3.8, 4) is 10.4 Å². The number of aryl methyl sites for hydroxylation is 1. The Morgan fingerprint density at radius 2 is 1.81 bits per heavy atom. The van der Waals surface area contributed by atoms with Crippen LogP contribution in [-0.2, 0) is 0 Å². The lowest BCUT2D eigenvalue weighted by Gasteiger charge is -2.24. The smallest absolute Gasteiger partial charge is 0.274 e. The molecule has 1 amide bonds. The molecule has 1 N–H and O–H groups in total. The van der Waals surface area contributed by atoms with Crippen LogP contribution >= 0.6 is 23.1 Å². The van der Waals surface area contributed by atoms with E-state index in [4.69, 9.17) is 0 Å². The summed E-state index contributed by atoms with van der Waals surface area (Å²) in [6, 6.07) is 6.50. The van der Waals surface area contributed by atoms with Gasteiger partial charge in [0.25, 0.3) is 5.91 Å². The predicted octanol–water partition coefficient (Wildman–Crippen LogP) is 6.50. The van der Waals surface area contributed by atoms with Gasteiger partial charge in [-0.2, -0.15) is 0 Å². The summed E-state index contributed by atoms with van der Waals surface area (Å²) in [5.41, 5.74) is 1.34. The number of aromatic nitrogens is 1. The zero-order chi connectivity index (χ0) is 22.8. The Labute approximate surface area is 200 Å². The van der Waals surface area contributed by atoms with E-state index >= 15 is 0 Å². The molecule has 1 saturated heterocycles. The Balaban J connectivity index is 1.47. The van der Waals surface area contributed by atoms with E-state index in [1.165, 1.54) is 74.8 Å². The van der Waals surface area contributed by atoms with E-state index in [1.807, 2.05) is 11.8 Å². The zero-order valence-electron chi connectivity index (χ0n) is 19.4. The van der Waals surface area contributed by atoms with Crippen molar-refractivity contribution >= 4 is 29.0 Å². The van der Waals surface area contributed by atoms with Gasteiger partial charge in [-0.3, -0.25) is 4.79 Å². The molecular weight excluding hydrogens is 441 g/mol. The second-order valence-electron chi connectivity index (χ2n) is 8.53. The lowest BCUT2D eigenvalue weighted by Crippen LogP contribution is -2.43. The lowest BCUT2D eigenvalue weighted by molar-refractivity contribution is 0.0742. The van der Waals surface area contributed by atoms with Crippen molar-refractivity contribution in [2.45, 2.75) is 71.3 Å². The summed E-state index contributed by atoms with van der Waals surface area (Å²) in [6.45, 7) is 6.00. The number of amides is 1. The first-order valence-electron chi connectivity index (χ1n) is 11.9. The monoisotopic (exact) mass is 477 g/mol. The van der Waals surface area contributed by atoms with E-state index in [2.05, 4.69) is 17.2 Å². The van der Waals surface area contributed by atoms with Crippen LogP contribution in [0.4, 0.5) is 4.39 Å². The van der Waals surface area contributed by atoms with Crippen molar-refractivity contribution in [3.05, 3.63) is 40.8 Å². The first-order valence-corrected chi connectivity index (χ1v) is 13.9. The van der Waals surface area contributed by atoms with Gasteiger partial charge in [0.2, 0.25) is 0 Å². The number of rotatable bonds is 13. The van der Waals surface area contributed by atoms with Gasteiger partial charge in [0.15, 0.2) is 0 Å². The molecule has 1 aliphatic rings. The molecule has 0 aliphatic carbocycles. The van der Waals surface area contributed by atoms with Crippen LogP contribution in [-0.4, -0.2) is 46.6 Å². The molecule has 0 radical (unpaired) electrons. The van der Waals surface area contributed by atoms with E-state index in [1.54, 1.807) is 23.9 Å². The molecule has 2 aromatic rings. The molecule has 3 rings (SSSR count). The summed E-state index contributed by atoms with van der Waals surface area (Å²) in [6.07, 6.45) is 10.6. The largest absolute Gasteiger partial charge is 0.323 e. The average Bonchev–Trinajstić information content (AvgIpc) is 3.42. The molecule has 1 aromatic heterocycles. The van der Waals surface area contributed by atoms with Crippen molar-refractivity contribution in [1.82, 2.24) is 15.2 Å². The Morgan fingerprint density at radius 1 is 1.12 bits per heavy atom. The van der Waals surface area contributed by atoms with Gasteiger partial charge in [0.1, 0.15) is 11.5 Å². The summed E-state index contributed by atoms with van der Waals surface area (Å²) in [5.74, 6) is 1.35. The molecule has 2 heterocycles. The van der Waals surface area contributed by atoms with Gasteiger partial charge >= 0.3 is 0 Å². The van der Waals surface area contributed by atoms with Crippen LogP contribution in [0.1, 0.15) is 73.8 Å². The van der Waals surface area contributed by atoms with E-state index in [9.17, 15) is 9.18 Å². The van der Waals surface area contributed by atoms with Crippen molar-refractivity contribution < 1.29 is 9.18 Å². The third-order valence-electron chi connectivity index (χ3n) is 5.87. The van der Waals surface area contributed by atoms with Gasteiger partial charge in [-0.15, -0.1) is 23.1 Å². The Kier molecular flexibility index (Phi) is 10.5. The number of unbranched alkanes of at least 4 members (excludes halogenated alkanes) is 7. The first kappa shape index (κ1) is 25.2. The van der Waals surface area contributed by atoms with Crippen molar-refractivity contribution in [2.24, 2.45) is 0 Å². The average molecular weight is 478 g/mol. The van der Waals surface area contributed by atoms with Gasteiger partial charge in [0.05, 0.1) is 21.8 Å². The summed E-state index contributed by atoms with van der Waals surface area (Å²) >= 11 is 3.29. The molecule has 1 atom stereocenters. The van der Waals surface area contributed by atoms with E-state index in [-0.39, 0.29) is 17.8 Å². The Bertz CT molecular complexity index is 840. The fourth-order valence-corrected chi connectivity index (χ4v) is 6.15. The standard InChI is InChI=1S/C25H36FN3OS2/c1-3-4-5-6-7-8-9-10-15-27-16-22-17-31-18-29(22)25(30)23-24(32-19(2)28-23)20-11-13-21(26)14-12-20/h11-14,22,27H,3-10,15-18H2,1-2H3/t22-/m1/s1. The SMILES string of the molecule is CCCCCCCCCCNC[C@@H]1CSCN1C(=O)c1nc(C)sc1-c1ccc(F)cc1. The third kappa shape index (κ3) is 7.29. The number of hydrogen-bond acceptors (Lipinski definition) is 5. The molecular formula is C25H36FN3OS2. The van der Waals surface area contributed by atoms with Gasteiger partial charge in [0, 0.05) is 12.3 Å². The van der Waals surface area contributed by atoms with Gasteiger partial charge in [-0.25, -0.2) is 9.37 Å². The minimum absolute atomic E-state index is 0.0162. The van der Waals surface area contributed by atoms with Crippen LogP contribution in [0.2, 0.25) is 0 Å². The normalized spacial score (nSPS) is 16.1. The molecule has 1 aliphatic heterocycles. The van der Waals surface area contributed by atoms with Gasteiger partial charge in [-0.1, -0.05) is 64.0 Å². The number of nitrogens with one attached hydrogen (secondary N) is 1. The van der Waals surface area contributed by atoms with Crippen LogP contribution in [0, 0.1) is 12.7 Å². The molecule has 32 heavy (non-hydrogen) atoms. The molecule has 1 fully saturated rings. The number of hydrogen-bond donors (Lipinski definition) is 1. The van der Waals surface area contributed by atoms with E-state index < -0.39 is 0 Å². The fraction of sp³-hybridized carbons (Fsp3) is 0.600. The topological polar surface area (TPSA) is 45.2 Å². The highest BCUT2D eigenvalue weighted by atomic mass is 32.2. The minimum Gasteiger partial charge on any atom is -0.323 e. The molecule has 0 bridgehead atoms. The van der Waals surface area contributed by atoms with Crippen LogP contribution in [0.25, 0.3) is 10.4 Å². The summed E-state index contributed by atoms with van der Waals surface area (Å²) in [7, 11) is 0. The van der Waals surface area contributed by atoms with Gasteiger partial charge < -0.3 is 10.2 Å². The second-order valence-corrected chi connectivity index (χ2v) is 10.7. The molecule has 176 valence electrons. The highest BCUT2D eigenvalue weighted by Crippen LogP contribution is 2.33.